The van der Waals surface area contributed by atoms with Crippen LogP contribution in [0.3, 0.4) is 0 Å². The summed E-state index contributed by atoms with van der Waals surface area (Å²) in [6.07, 6.45) is 0. The fourth-order valence-corrected chi connectivity index (χ4v) is 1.39. The zero-order valence-corrected chi connectivity index (χ0v) is 9.72. The third-order valence-corrected chi connectivity index (χ3v) is 2.34. The molecule has 0 aliphatic rings. The first-order valence-corrected chi connectivity index (χ1v) is 4.99. The highest BCUT2D eigenvalue weighted by Gasteiger charge is 2.02. The molecule has 0 aliphatic heterocycles. The Hall–Kier alpha value is -1.03. The molecule has 0 unspecified atom stereocenters. The van der Waals surface area contributed by atoms with E-state index in [4.69, 9.17) is 0 Å². The lowest BCUT2D eigenvalue weighted by Crippen LogP contribution is -2.15. The minimum absolute atomic E-state index is 0.188. The van der Waals surface area contributed by atoms with E-state index in [1.54, 1.807) is 0 Å². The van der Waals surface area contributed by atoms with Crippen LogP contribution >= 0.6 is 15.9 Å². The van der Waals surface area contributed by atoms with Gasteiger partial charge in [0.1, 0.15) is 6.54 Å². The van der Waals surface area contributed by atoms with Crippen LogP contribution < -0.4 is 5.32 Å². The molecule has 0 atom stereocenters. The van der Waals surface area contributed by atoms with Crippen LogP contribution in [-0.4, -0.2) is 19.6 Å². The van der Waals surface area contributed by atoms with Gasteiger partial charge < -0.3 is 10.1 Å². The molecule has 0 heterocycles. The number of benzene rings is 1. The summed E-state index contributed by atoms with van der Waals surface area (Å²) >= 11 is 3.36. The van der Waals surface area contributed by atoms with Gasteiger partial charge >= 0.3 is 5.97 Å². The smallest absolute Gasteiger partial charge is 0.325 e. The lowest BCUT2D eigenvalue weighted by atomic mass is 10.2. The van der Waals surface area contributed by atoms with Crippen LogP contribution in [0.1, 0.15) is 5.56 Å². The van der Waals surface area contributed by atoms with Crippen molar-refractivity contribution in [1.82, 2.24) is 0 Å². The van der Waals surface area contributed by atoms with Gasteiger partial charge in [-0.25, -0.2) is 0 Å². The molecule has 0 fully saturated rings. The van der Waals surface area contributed by atoms with Gasteiger partial charge in [-0.2, -0.15) is 0 Å². The molecule has 3 nitrogen and oxygen atoms in total. The summed E-state index contributed by atoms with van der Waals surface area (Å²) in [5.74, 6) is -0.274. The summed E-state index contributed by atoms with van der Waals surface area (Å²) in [6, 6.07) is 5.86. The third-order valence-electron chi connectivity index (χ3n) is 1.85. The summed E-state index contributed by atoms with van der Waals surface area (Å²) < 4.78 is 5.51. The highest BCUT2D eigenvalue weighted by Crippen LogP contribution is 2.20. The van der Waals surface area contributed by atoms with Crippen LogP contribution in [0.4, 0.5) is 5.69 Å². The molecule has 1 N–H and O–H groups in total. The molecule has 0 aromatic heterocycles. The highest BCUT2D eigenvalue weighted by molar-refractivity contribution is 9.10. The Kier molecular flexibility index (Phi) is 3.95. The fourth-order valence-electron chi connectivity index (χ4n) is 1.02. The number of carbonyl (C=O) groups is 1. The monoisotopic (exact) mass is 257 g/mol. The number of carbonyl (C=O) groups excluding carboxylic acids is 1. The van der Waals surface area contributed by atoms with Gasteiger partial charge in [-0.1, -0.05) is 22.0 Å². The van der Waals surface area contributed by atoms with Crippen LogP contribution in [0.5, 0.6) is 0 Å². The molecule has 0 saturated carbocycles. The molecule has 76 valence electrons. The van der Waals surface area contributed by atoms with Gasteiger partial charge in [0.2, 0.25) is 0 Å². The first-order valence-electron chi connectivity index (χ1n) is 4.20. The third kappa shape index (κ3) is 3.03. The number of methoxy groups -OCH3 is 1. The largest absolute Gasteiger partial charge is 0.468 e. The van der Waals surface area contributed by atoms with Gasteiger partial charge in [0.05, 0.1) is 7.11 Å². The molecular formula is C10H12BrNO2. The lowest BCUT2D eigenvalue weighted by molar-refractivity contribution is -0.138. The van der Waals surface area contributed by atoms with Gasteiger partial charge in [0.25, 0.3) is 0 Å². The minimum atomic E-state index is -0.274. The van der Waals surface area contributed by atoms with Crippen LogP contribution in [-0.2, 0) is 9.53 Å². The van der Waals surface area contributed by atoms with E-state index in [1.165, 1.54) is 7.11 Å². The van der Waals surface area contributed by atoms with E-state index in [-0.39, 0.29) is 12.5 Å². The predicted molar refractivity (Wildman–Crippen MR) is 59.4 cm³/mol. The summed E-state index contributed by atoms with van der Waals surface area (Å²) in [6.45, 7) is 2.17. The zero-order valence-electron chi connectivity index (χ0n) is 8.13. The molecular weight excluding hydrogens is 246 g/mol. The van der Waals surface area contributed by atoms with Crippen LogP contribution in [0.25, 0.3) is 0 Å². The van der Waals surface area contributed by atoms with Crippen molar-refractivity contribution in [1.29, 1.82) is 0 Å². The number of hydrogen-bond acceptors (Lipinski definition) is 3. The molecule has 1 aromatic carbocycles. The molecule has 1 rings (SSSR count). The summed E-state index contributed by atoms with van der Waals surface area (Å²) in [5.41, 5.74) is 2.03. The second-order valence-electron chi connectivity index (χ2n) is 2.89. The average Bonchev–Trinajstić information content (AvgIpc) is 2.19. The Morgan fingerprint density at radius 3 is 2.93 bits per heavy atom. The van der Waals surface area contributed by atoms with Crippen molar-refractivity contribution in [2.75, 3.05) is 19.0 Å². The number of aryl methyl sites for hydroxylation is 1. The van der Waals surface area contributed by atoms with E-state index in [1.807, 2.05) is 25.1 Å². The first-order chi connectivity index (χ1) is 6.63. The molecule has 0 radical (unpaired) electrons. The highest BCUT2D eigenvalue weighted by atomic mass is 79.9. The Labute approximate surface area is 91.6 Å². The molecule has 0 bridgehead atoms. The minimum Gasteiger partial charge on any atom is -0.468 e. The first kappa shape index (κ1) is 11.0. The fraction of sp³-hybridized carbons (Fsp3) is 0.300. The zero-order chi connectivity index (χ0) is 10.6. The van der Waals surface area contributed by atoms with Crippen molar-refractivity contribution in [2.24, 2.45) is 0 Å². The number of halogens is 1. The van der Waals surface area contributed by atoms with Crippen molar-refractivity contribution in [3.05, 3.63) is 28.2 Å². The molecule has 0 spiro atoms. The van der Waals surface area contributed by atoms with Gasteiger partial charge in [0, 0.05) is 10.2 Å². The second kappa shape index (κ2) is 5.00. The maximum Gasteiger partial charge on any atom is 0.325 e. The Balaban J connectivity index is 2.66. The molecule has 0 amide bonds. The van der Waals surface area contributed by atoms with Gasteiger partial charge in [-0.15, -0.1) is 0 Å². The molecule has 14 heavy (non-hydrogen) atoms. The van der Waals surface area contributed by atoms with E-state index in [2.05, 4.69) is 26.0 Å². The Morgan fingerprint density at radius 1 is 1.57 bits per heavy atom. The van der Waals surface area contributed by atoms with Crippen molar-refractivity contribution in [3.8, 4) is 0 Å². The summed E-state index contributed by atoms with van der Waals surface area (Å²) in [4.78, 5) is 10.9. The van der Waals surface area contributed by atoms with Crippen molar-refractivity contribution in [2.45, 2.75) is 6.92 Å². The van der Waals surface area contributed by atoms with E-state index in [9.17, 15) is 4.79 Å². The van der Waals surface area contributed by atoms with Crippen molar-refractivity contribution in [3.63, 3.8) is 0 Å². The SMILES string of the molecule is COC(=O)CNc1cc(Br)ccc1C. The van der Waals surface area contributed by atoms with Gasteiger partial charge in [0.15, 0.2) is 0 Å². The topological polar surface area (TPSA) is 38.3 Å². The van der Waals surface area contributed by atoms with Crippen LogP contribution in [0.15, 0.2) is 22.7 Å². The molecule has 0 saturated heterocycles. The van der Waals surface area contributed by atoms with Gasteiger partial charge in [-0.3, -0.25) is 4.79 Å². The van der Waals surface area contributed by atoms with Crippen molar-refractivity contribution >= 4 is 27.6 Å². The quantitative estimate of drug-likeness (QED) is 0.845. The maximum atomic E-state index is 10.9. The predicted octanol–water partition coefficient (Wildman–Crippen LogP) is 2.34. The molecule has 4 heteroatoms. The molecule has 1 aromatic rings. The van der Waals surface area contributed by atoms with E-state index < -0.39 is 0 Å². The molecule has 0 aliphatic carbocycles. The van der Waals surface area contributed by atoms with Crippen LogP contribution in [0.2, 0.25) is 0 Å². The normalized spacial score (nSPS) is 9.64. The number of rotatable bonds is 3. The number of anilines is 1. The summed E-state index contributed by atoms with van der Waals surface area (Å²) in [7, 11) is 1.37. The van der Waals surface area contributed by atoms with Gasteiger partial charge in [-0.05, 0) is 24.6 Å². The Morgan fingerprint density at radius 2 is 2.29 bits per heavy atom. The summed E-state index contributed by atoms with van der Waals surface area (Å²) in [5, 5.41) is 3.00. The second-order valence-corrected chi connectivity index (χ2v) is 3.80. The standard InChI is InChI=1S/C10H12BrNO2/c1-7-3-4-8(11)5-9(7)12-6-10(13)14-2/h3-5,12H,6H2,1-2H3. The average molecular weight is 258 g/mol. The lowest BCUT2D eigenvalue weighted by Gasteiger charge is -2.08. The number of hydrogen-bond donors (Lipinski definition) is 1. The number of ether oxygens (including phenoxy) is 1. The maximum absolute atomic E-state index is 10.9. The van der Waals surface area contributed by atoms with E-state index in [0.29, 0.717) is 0 Å². The Bertz CT molecular complexity index is 339. The van der Waals surface area contributed by atoms with Crippen molar-refractivity contribution < 1.29 is 9.53 Å². The number of nitrogens with one attached hydrogen (secondary N) is 1. The van der Waals surface area contributed by atoms with Crippen LogP contribution in [0, 0.1) is 6.92 Å². The van der Waals surface area contributed by atoms with E-state index >= 15 is 0 Å². The number of esters is 1. The van der Waals surface area contributed by atoms with E-state index in [0.717, 1.165) is 15.7 Å².